The maximum Gasteiger partial charge on any atom is 0.190 e. The van der Waals surface area contributed by atoms with Crippen LogP contribution in [0.3, 0.4) is 0 Å². The lowest BCUT2D eigenvalue weighted by Crippen LogP contribution is -2.60. The van der Waals surface area contributed by atoms with Crippen molar-refractivity contribution in [3.8, 4) is 11.5 Å². The number of fused-ring (bicyclic) bond motifs is 5. The third kappa shape index (κ3) is 4.84. The molecule has 1 aromatic carbocycles. The van der Waals surface area contributed by atoms with Gasteiger partial charge in [0.1, 0.15) is 18.0 Å². The number of allylic oxidation sites excluding steroid dienone is 1. The van der Waals surface area contributed by atoms with Gasteiger partial charge in [-0.2, -0.15) is 0 Å². The molecule has 3 fully saturated rings. The minimum Gasteiger partial charge on any atom is -0.504 e. The zero-order valence-electron chi connectivity index (χ0n) is 22.9. The number of Topliss-reactive ketones (excluding diaryl/α,β-unsaturated/α-hetero) is 2. The number of hydrogen-bond acceptors (Lipinski definition) is 9. The molecular formula is C30H41NO8. The highest BCUT2D eigenvalue weighted by molar-refractivity contribution is 5.94. The molecule has 4 aliphatic rings. The van der Waals surface area contributed by atoms with Gasteiger partial charge >= 0.3 is 0 Å². The van der Waals surface area contributed by atoms with E-state index < -0.39 is 29.5 Å². The van der Waals surface area contributed by atoms with Crippen molar-refractivity contribution in [2.45, 2.75) is 70.5 Å². The van der Waals surface area contributed by atoms with E-state index in [1.54, 1.807) is 19.2 Å². The van der Waals surface area contributed by atoms with Crippen LogP contribution < -0.4 is 5.32 Å². The predicted octanol–water partition coefficient (Wildman–Crippen LogP) is 2.34. The molecule has 0 radical (unpaired) electrons. The van der Waals surface area contributed by atoms with E-state index in [2.05, 4.69) is 12.2 Å². The average molecular weight is 544 g/mol. The maximum absolute atomic E-state index is 13.3. The van der Waals surface area contributed by atoms with Crippen LogP contribution >= 0.6 is 0 Å². The van der Waals surface area contributed by atoms with Crippen LogP contribution in [0.4, 0.5) is 0 Å². The standard InChI is InChI=1S/C21H28O5.C9H13NO3/c1-19-7-5-13(23)9-12(19)3-4-14-15-6-8-21(26,17(25)11-22)20(15,2)10-16(24)18(14)19;1-10-5-9(13)6-2-3-7(11)8(12)4-6/h9,14-15,18,22,26H,3-8,10-11H2,1-2H3;2-4,9-13H,5H2,1H3/t14-,15-,18+,19-,20-,21-;9-/m00/s1. The van der Waals surface area contributed by atoms with Crippen LogP contribution in [0.5, 0.6) is 11.5 Å². The molecule has 0 saturated heterocycles. The van der Waals surface area contributed by atoms with Crippen molar-refractivity contribution in [3.63, 3.8) is 0 Å². The molecule has 0 spiro atoms. The fourth-order valence-electron chi connectivity index (χ4n) is 8.04. The van der Waals surface area contributed by atoms with Crippen LogP contribution in [-0.4, -0.2) is 68.7 Å². The number of hydrogen-bond donors (Lipinski definition) is 6. The van der Waals surface area contributed by atoms with E-state index in [-0.39, 0.29) is 52.7 Å². The highest BCUT2D eigenvalue weighted by atomic mass is 16.3. The Morgan fingerprint density at radius 2 is 1.82 bits per heavy atom. The van der Waals surface area contributed by atoms with Gasteiger partial charge in [0, 0.05) is 30.7 Å². The molecule has 5 rings (SSSR count). The van der Waals surface area contributed by atoms with Gasteiger partial charge in [-0.1, -0.05) is 25.5 Å². The molecule has 0 unspecified atom stereocenters. The Labute approximate surface area is 228 Å². The molecule has 4 aliphatic carbocycles. The van der Waals surface area contributed by atoms with Gasteiger partial charge in [-0.3, -0.25) is 14.4 Å². The van der Waals surface area contributed by atoms with Crippen LogP contribution in [0.1, 0.15) is 70.5 Å². The molecule has 6 N–H and O–H groups in total. The molecule has 9 nitrogen and oxygen atoms in total. The highest BCUT2D eigenvalue weighted by Crippen LogP contribution is 2.66. The number of phenolic OH excluding ortho intramolecular Hbond substituents is 2. The number of phenols is 2. The minimum absolute atomic E-state index is 0.0988. The number of carbonyl (C=O) groups is 3. The van der Waals surface area contributed by atoms with Crippen LogP contribution in [0.2, 0.25) is 0 Å². The first-order chi connectivity index (χ1) is 18.3. The molecular weight excluding hydrogens is 502 g/mol. The Hall–Kier alpha value is -2.59. The normalized spacial score (nSPS) is 36.1. The van der Waals surface area contributed by atoms with Crippen LogP contribution in [0.15, 0.2) is 29.8 Å². The Morgan fingerprint density at radius 1 is 1.10 bits per heavy atom. The first-order valence-corrected chi connectivity index (χ1v) is 13.8. The minimum atomic E-state index is -1.60. The van der Waals surface area contributed by atoms with Crippen molar-refractivity contribution < 1.29 is 39.9 Å². The monoisotopic (exact) mass is 543 g/mol. The molecule has 39 heavy (non-hydrogen) atoms. The van der Waals surface area contributed by atoms with E-state index in [1.165, 1.54) is 12.1 Å². The molecule has 9 heteroatoms. The van der Waals surface area contributed by atoms with Crippen molar-refractivity contribution in [2.75, 3.05) is 20.2 Å². The van der Waals surface area contributed by atoms with Gasteiger partial charge < -0.3 is 30.8 Å². The third-order valence-electron chi connectivity index (χ3n) is 10.2. The van der Waals surface area contributed by atoms with Gasteiger partial charge in [0.25, 0.3) is 0 Å². The summed E-state index contributed by atoms with van der Waals surface area (Å²) in [6.45, 7) is 3.71. The Kier molecular flexibility index (Phi) is 8.11. The first kappa shape index (κ1) is 29.4. The van der Waals surface area contributed by atoms with Crippen molar-refractivity contribution in [1.29, 1.82) is 0 Å². The zero-order chi connectivity index (χ0) is 28.8. The van der Waals surface area contributed by atoms with E-state index in [4.69, 9.17) is 10.2 Å². The van der Waals surface area contributed by atoms with Crippen LogP contribution in [-0.2, 0) is 14.4 Å². The van der Waals surface area contributed by atoms with Crippen molar-refractivity contribution in [1.82, 2.24) is 5.32 Å². The summed E-state index contributed by atoms with van der Waals surface area (Å²) >= 11 is 0. The molecule has 214 valence electrons. The molecule has 0 amide bonds. The number of nitrogens with one attached hydrogen (secondary N) is 1. The summed E-state index contributed by atoms with van der Waals surface area (Å²) in [7, 11) is 1.73. The second-order valence-electron chi connectivity index (χ2n) is 12.2. The summed E-state index contributed by atoms with van der Waals surface area (Å²) in [6, 6.07) is 4.26. The van der Waals surface area contributed by atoms with Gasteiger partial charge in [-0.25, -0.2) is 0 Å². The van der Waals surface area contributed by atoms with Gasteiger partial charge in [-0.05, 0) is 80.2 Å². The number of rotatable bonds is 5. The van der Waals surface area contributed by atoms with Gasteiger partial charge in [-0.15, -0.1) is 0 Å². The fourth-order valence-corrected chi connectivity index (χ4v) is 8.04. The number of ketones is 3. The molecule has 0 aromatic heterocycles. The summed E-state index contributed by atoms with van der Waals surface area (Å²) in [6.07, 6.45) is 5.16. The van der Waals surface area contributed by atoms with Crippen molar-refractivity contribution in [2.24, 2.45) is 28.6 Å². The lowest BCUT2D eigenvalue weighted by atomic mass is 9.46. The number of likely N-dealkylation sites (N-methyl/N-ethyl adjacent to an activating group) is 1. The van der Waals surface area contributed by atoms with E-state index in [0.29, 0.717) is 37.8 Å². The third-order valence-corrected chi connectivity index (χ3v) is 10.2. The molecule has 7 atom stereocenters. The predicted molar refractivity (Wildman–Crippen MR) is 143 cm³/mol. The van der Waals surface area contributed by atoms with Crippen molar-refractivity contribution >= 4 is 17.3 Å². The Balaban J connectivity index is 0.000000229. The fraction of sp³-hybridized carbons (Fsp3) is 0.633. The van der Waals surface area contributed by atoms with Gasteiger partial charge in [0.2, 0.25) is 0 Å². The summed E-state index contributed by atoms with van der Waals surface area (Å²) in [5.74, 6) is -0.568. The number of benzene rings is 1. The lowest BCUT2D eigenvalue weighted by molar-refractivity contribution is -0.170. The number of aliphatic hydroxyl groups is 3. The SMILES string of the molecule is CNC[C@H](O)c1ccc(O)c(O)c1.C[C@]12CCC(=O)C=C1CC[C@@H]1[C@@H]2C(=O)C[C@@]2(C)[C@H]1CC[C@]2(O)C(=O)CO. The topological polar surface area (TPSA) is 164 Å². The molecule has 1 aromatic rings. The lowest BCUT2D eigenvalue weighted by Gasteiger charge is -2.57. The average Bonchev–Trinajstić information content (AvgIpc) is 3.16. The summed E-state index contributed by atoms with van der Waals surface area (Å²) in [5.41, 5.74) is -0.979. The zero-order valence-corrected chi connectivity index (χ0v) is 22.9. The van der Waals surface area contributed by atoms with E-state index in [9.17, 15) is 29.7 Å². The first-order valence-electron chi connectivity index (χ1n) is 13.8. The molecule has 3 saturated carbocycles. The van der Waals surface area contributed by atoms with Crippen molar-refractivity contribution in [3.05, 3.63) is 35.4 Å². The maximum atomic E-state index is 13.3. The highest BCUT2D eigenvalue weighted by Gasteiger charge is 2.68. The Morgan fingerprint density at radius 3 is 2.46 bits per heavy atom. The summed E-state index contributed by atoms with van der Waals surface area (Å²) in [4.78, 5) is 37.5. The van der Waals surface area contributed by atoms with Gasteiger partial charge in [0.15, 0.2) is 23.1 Å². The molecule has 0 aliphatic heterocycles. The second kappa shape index (κ2) is 10.8. The second-order valence-corrected chi connectivity index (χ2v) is 12.2. The number of aromatic hydroxyl groups is 2. The van der Waals surface area contributed by atoms with E-state index in [1.807, 2.05) is 6.92 Å². The van der Waals surface area contributed by atoms with E-state index in [0.717, 1.165) is 18.4 Å². The quantitative estimate of drug-likeness (QED) is 0.306. The Bertz CT molecular complexity index is 1180. The molecule has 0 heterocycles. The largest absolute Gasteiger partial charge is 0.504 e. The number of aliphatic hydroxyl groups excluding tert-OH is 2. The summed E-state index contributed by atoms with van der Waals surface area (Å²) < 4.78 is 0. The smallest absolute Gasteiger partial charge is 0.190 e. The molecule has 0 bridgehead atoms. The van der Waals surface area contributed by atoms with Gasteiger partial charge in [0.05, 0.1) is 6.10 Å². The number of carbonyl (C=O) groups excluding carboxylic acids is 3. The van der Waals surface area contributed by atoms with E-state index >= 15 is 0 Å². The van der Waals surface area contributed by atoms with Crippen LogP contribution in [0, 0.1) is 28.6 Å². The summed E-state index contributed by atoms with van der Waals surface area (Å²) in [5, 5.41) is 50.9. The van der Waals surface area contributed by atoms with Crippen LogP contribution in [0.25, 0.3) is 0 Å².